The summed E-state index contributed by atoms with van der Waals surface area (Å²) in [6.45, 7) is 6.02. The molecule has 1 fully saturated rings. The molecule has 174 valence electrons. The number of hydrogen-bond donors (Lipinski definition) is 1. The van der Waals surface area contributed by atoms with Gasteiger partial charge in [0, 0.05) is 37.3 Å². The molecule has 1 heterocycles. The normalized spacial score (nSPS) is 14.4. The van der Waals surface area contributed by atoms with Crippen LogP contribution in [0.15, 0.2) is 67.3 Å². The second kappa shape index (κ2) is 11.0. The number of hydrogen-bond acceptors (Lipinski definition) is 4. The summed E-state index contributed by atoms with van der Waals surface area (Å²) in [7, 11) is 1.91. The van der Waals surface area contributed by atoms with Crippen molar-refractivity contribution in [2.75, 3.05) is 13.1 Å². The van der Waals surface area contributed by atoms with Gasteiger partial charge in [-0.25, -0.2) is 4.68 Å². The van der Waals surface area contributed by atoms with Crippen LogP contribution < -0.4 is 4.74 Å². The highest BCUT2D eigenvalue weighted by molar-refractivity contribution is 6.30. The molecule has 1 aliphatic rings. The Morgan fingerprint density at radius 3 is 2.61 bits per heavy atom. The van der Waals surface area contributed by atoms with Gasteiger partial charge in [0.1, 0.15) is 11.4 Å². The number of aliphatic hydroxyl groups is 1. The Hall–Kier alpha value is -2.60. The zero-order valence-corrected chi connectivity index (χ0v) is 19.9. The smallest absolute Gasteiger partial charge is 0.222 e. The number of nitrogens with zero attached hydrogens (tertiary/aromatic N) is 3. The minimum absolute atomic E-state index is 0.390. The topological polar surface area (TPSA) is 50.5 Å². The Balaban J connectivity index is 1.66. The summed E-state index contributed by atoms with van der Waals surface area (Å²) < 4.78 is 8.13. The predicted molar refractivity (Wildman–Crippen MR) is 134 cm³/mol. The molecule has 0 unspecified atom stereocenters. The van der Waals surface area contributed by atoms with Crippen molar-refractivity contribution < 1.29 is 9.84 Å². The van der Waals surface area contributed by atoms with Gasteiger partial charge in [-0.1, -0.05) is 48.0 Å². The Labute approximate surface area is 201 Å². The van der Waals surface area contributed by atoms with Gasteiger partial charge in [-0.3, -0.25) is 4.90 Å². The summed E-state index contributed by atoms with van der Waals surface area (Å²) in [4.78, 5) is 2.35. The first kappa shape index (κ1) is 23.6. The molecular formula is C27H32ClN3O2. The third-order valence-electron chi connectivity index (χ3n) is 5.93. The number of benzene rings is 2. The number of aromatic nitrogens is 2. The summed E-state index contributed by atoms with van der Waals surface area (Å²) in [6.07, 6.45) is 5.52. The minimum Gasteiger partial charge on any atom is -0.439 e. The number of halogens is 1. The molecule has 33 heavy (non-hydrogen) atoms. The van der Waals surface area contributed by atoms with Crippen LogP contribution >= 0.6 is 11.6 Å². The van der Waals surface area contributed by atoms with E-state index in [0.29, 0.717) is 35.7 Å². The Kier molecular flexibility index (Phi) is 7.86. The van der Waals surface area contributed by atoms with E-state index in [2.05, 4.69) is 23.6 Å². The van der Waals surface area contributed by atoms with Crippen molar-refractivity contribution in [1.82, 2.24) is 14.7 Å². The lowest BCUT2D eigenvalue weighted by Crippen LogP contribution is -2.33. The highest BCUT2D eigenvalue weighted by Crippen LogP contribution is 2.36. The van der Waals surface area contributed by atoms with Gasteiger partial charge in [0.2, 0.25) is 5.88 Å². The van der Waals surface area contributed by atoms with Gasteiger partial charge in [-0.2, -0.15) is 5.10 Å². The van der Waals surface area contributed by atoms with E-state index in [-0.39, 0.29) is 6.10 Å². The van der Waals surface area contributed by atoms with Crippen LogP contribution in [0.3, 0.4) is 0 Å². The molecule has 2 aromatic carbocycles. The molecule has 3 aromatic rings. The largest absolute Gasteiger partial charge is 0.439 e. The highest BCUT2D eigenvalue weighted by Gasteiger charge is 2.28. The Morgan fingerprint density at radius 2 is 1.94 bits per heavy atom. The number of aryl methyl sites for hydroxylation is 1. The second-order valence-electron chi connectivity index (χ2n) is 8.84. The first-order valence-electron chi connectivity index (χ1n) is 11.6. The lowest BCUT2D eigenvalue weighted by atomic mass is 10.1. The first-order valence-corrected chi connectivity index (χ1v) is 12.0. The van der Waals surface area contributed by atoms with E-state index in [0.717, 1.165) is 36.2 Å². The Morgan fingerprint density at radius 1 is 1.21 bits per heavy atom. The predicted octanol–water partition coefficient (Wildman–Crippen LogP) is 6.07. The summed E-state index contributed by atoms with van der Waals surface area (Å²) in [5.74, 6) is 2.12. The van der Waals surface area contributed by atoms with Crippen molar-refractivity contribution in [2.24, 2.45) is 13.0 Å². The van der Waals surface area contributed by atoms with Crippen LogP contribution in [0.25, 0.3) is 11.3 Å². The molecule has 5 nitrogen and oxygen atoms in total. The van der Waals surface area contributed by atoms with Crippen molar-refractivity contribution in [3.8, 4) is 22.9 Å². The van der Waals surface area contributed by atoms with Crippen LogP contribution in [0.1, 0.15) is 31.2 Å². The van der Waals surface area contributed by atoms with Crippen LogP contribution in [0.4, 0.5) is 0 Å². The molecule has 0 radical (unpaired) electrons. The van der Waals surface area contributed by atoms with E-state index >= 15 is 0 Å². The number of rotatable bonds is 12. The average Bonchev–Trinajstić information content (AvgIpc) is 3.58. The lowest BCUT2D eigenvalue weighted by molar-refractivity contribution is 0.0992. The number of ether oxygens (including phenoxy) is 1. The SMILES string of the molecule is C=CCC[C@H](O)CN(Cc1c(-c2ccccc2)nn(C)c1Oc1ccc(Cl)cc1)CC1CC1. The molecule has 0 aliphatic heterocycles. The monoisotopic (exact) mass is 465 g/mol. The van der Waals surface area contributed by atoms with E-state index in [4.69, 9.17) is 21.4 Å². The summed E-state index contributed by atoms with van der Waals surface area (Å²) in [5, 5.41) is 16.1. The fourth-order valence-corrected chi connectivity index (χ4v) is 4.18. The van der Waals surface area contributed by atoms with E-state index in [1.807, 2.05) is 55.6 Å². The average molecular weight is 466 g/mol. The fraction of sp³-hybridized carbons (Fsp3) is 0.370. The molecule has 0 bridgehead atoms. The molecule has 4 rings (SSSR count). The molecule has 1 saturated carbocycles. The van der Waals surface area contributed by atoms with Crippen LogP contribution in [0.5, 0.6) is 11.6 Å². The molecule has 0 amide bonds. The molecule has 6 heteroatoms. The van der Waals surface area contributed by atoms with Crippen molar-refractivity contribution in [2.45, 2.75) is 38.3 Å². The van der Waals surface area contributed by atoms with Gasteiger partial charge >= 0.3 is 0 Å². The molecular weight excluding hydrogens is 434 g/mol. The molecule has 1 aliphatic carbocycles. The van der Waals surface area contributed by atoms with Gasteiger partial charge in [-0.05, 0) is 55.9 Å². The van der Waals surface area contributed by atoms with Gasteiger partial charge in [0.05, 0.1) is 11.7 Å². The van der Waals surface area contributed by atoms with Crippen molar-refractivity contribution in [3.63, 3.8) is 0 Å². The van der Waals surface area contributed by atoms with Gasteiger partial charge < -0.3 is 9.84 Å². The van der Waals surface area contributed by atoms with Gasteiger partial charge in [0.25, 0.3) is 0 Å². The van der Waals surface area contributed by atoms with Crippen molar-refractivity contribution in [1.29, 1.82) is 0 Å². The zero-order valence-electron chi connectivity index (χ0n) is 19.2. The number of allylic oxidation sites excluding steroid dienone is 1. The lowest BCUT2D eigenvalue weighted by Gasteiger charge is -2.25. The van der Waals surface area contributed by atoms with Crippen molar-refractivity contribution >= 4 is 11.6 Å². The molecule has 1 atom stereocenters. The van der Waals surface area contributed by atoms with E-state index < -0.39 is 0 Å². The van der Waals surface area contributed by atoms with Crippen LogP contribution in [0, 0.1) is 5.92 Å². The second-order valence-corrected chi connectivity index (χ2v) is 9.27. The maximum Gasteiger partial charge on any atom is 0.222 e. The maximum absolute atomic E-state index is 10.6. The van der Waals surface area contributed by atoms with Gasteiger partial charge in [-0.15, -0.1) is 6.58 Å². The van der Waals surface area contributed by atoms with Crippen molar-refractivity contribution in [3.05, 3.63) is 77.8 Å². The van der Waals surface area contributed by atoms with E-state index in [9.17, 15) is 5.11 Å². The zero-order chi connectivity index (χ0) is 23.2. The van der Waals surface area contributed by atoms with Crippen LogP contribution in [0.2, 0.25) is 5.02 Å². The summed E-state index contributed by atoms with van der Waals surface area (Å²) in [5.41, 5.74) is 2.98. The minimum atomic E-state index is -0.390. The van der Waals surface area contributed by atoms with E-state index in [1.165, 1.54) is 12.8 Å². The summed E-state index contributed by atoms with van der Waals surface area (Å²) >= 11 is 6.06. The van der Waals surface area contributed by atoms with Crippen LogP contribution in [-0.2, 0) is 13.6 Å². The highest BCUT2D eigenvalue weighted by atomic mass is 35.5. The van der Waals surface area contributed by atoms with E-state index in [1.54, 1.807) is 4.68 Å². The summed E-state index contributed by atoms with van der Waals surface area (Å²) in [6, 6.07) is 17.6. The molecule has 0 spiro atoms. The van der Waals surface area contributed by atoms with Gasteiger partial charge in [0.15, 0.2) is 0 Å². The standard InChI is InChI=1S/C27H32ClN3O2/c1-3-4-10-23(32)18-31(17-20-11-12-20)19-25-26(21-8-6-5-7-9-21)29-30(2)27(25)33-24-15-13-22(28)14-16-24/h3,5-9,13-16,20,23,32H,1,4,10-12,17-19H2,2H3/t23-/m0/s1. The molecule has 1 aromatic heterocycles. The first-order chi connectivity index (χ1) is 16.0. The quantitative estimate of drug-likeness (QED) is 0.330. The third kappa shape index (κ3) is 6.47. The maximum atomic E-state index is 10.6. The third-order valence-corrected chi connectivity index (χ3v) is 6.18. The Bertz CT molecular complexity index is 1050. The number of aliphatic hydroxyl groups excluding tert-OH is 1. The van der Waals surface area contributed by atoms with Crippen LogP contribution in [-0.4, -0.2) is 39.0 Å². The molecule has 1 N–H and O–H groups in total. The fourth-order valence-electron chi connectivity index (χ4n) is 4.06. The molecule has 0 saturated heterocycles.